The van der Waals surface area contributed by atoms with Crippen LogP contribution in [0.15, 0.2) is 67.0 Å². The molecule has 3 aliphatic rings. The van der Waals surface area contributed by atoms with E-state index in [1.807, 2.05) is 43.3 Å². The standard InChI is InChI=1S/C29H30N4O5/c1-19-4-7-22-14-26(19)37-18-27(34)31-16-20-5-8-23(9-6-20)38-25-10-12-33(17-24(25)32-29(22)36)28(35)13-21-3-2-11-30-15-21/h2-9,11,14-15,24-25H,10,12-13,16-18H2,1H3,(H,31,34)(H,32,36)/t24-,25-/m0/s1. The third-order valence-electron chi connectivity index (χ3n) is 6.81. The minimum Gasteiger partial charge on any atom is -0.488 e. The van der Waals surface area contributed by atoms with Crippen molar-refractivity contribution >= 4 is 17.7 Å². The van der Waals surface area contributed by atoms with Gasteiger partial charge in [0.1, 0.15) is 17.6 Å². The van der Waals surface area contributed by atoms with Gasteiger partial charge in [-0.2, -0.15) is 0 Å². The first-order valence-electron chi connectivity index (χ1n) is 12.7. The molecule has 3 amide bonds. The molecule has 3 aromatic rings. The maximum Gasteiger partial charge on any atom is 0.258 e. The summed E-state index contributed by atoms with van der Waals surface area (Å²) in [6.45, 7) is 2.90. The molecule has 0 unspecified atom stereocenters. The van der Waals surface area contributed by atoms with Gasteiger partial charge in [0.2, 0.25) is 5.91 Å². The van der Waals surface area contributed by atoms with E-state index in [4.69, 9.17) is 9.47 Å². The van der Waals surface area contributed by atoms with Crippen LogP contribution in [0.3, 0.4) is 0 Å². The van der Waals surface area contributed by atoms with Crippen molar-refractivity contribution in [3.63, 3.8) is 0 Å². The van der Waals surface area contributed by atoms with Crippen molar-refractivity contribution in [1.82, 2.24) is 20.5 Å². The topological polar surface area (TPSA) is 110 Å². The number of fused-ring (bicyclic) bond motifs is 7. The van der Waals surface area contributed by atoms with Crippen molar-refractivity contribution < 1.29 is 23.9 Å². The number of benzene rings is 2. The summed E-state index contributed by atoms with van der Waals surface area (Å²) in [7, 11) is 0. The molecule has 1 fully saturated rings. The van der Waals surface area contributed by atoms with Crippen LogP contribution in [0.25, 0.3) is 0 Å². The van der Waals surface area contributed by atoms with Gasteiger partial charge in [-0.15, -0.1) is 0 Å². The molecule has 4 bridgehead atoms. The van der Waals surface area contributed by atoms with Crippen LogP contribution in [-0.2, 0) is 22.6 Å². The Morgan fingerprint density at radius 2 is 1.97 bits per heavy atom. The monoisotopic (exact) mass is 514 g/mol. The highest BCUT2D eigenvalue weighted by Crippen LogP contribution is 2.23. The Hall–Kier alpha value is -4.40. The number of aryl methyl sites for hydroxylation is 1. The van der Waals surface area contributed by atoms with Crippen LogP contribution >= 0.6 is 0 Å². The van der Waals surface area contributed by atoms with Crippen LogP contribution in [0.2, 0.25) is 0 Å². The summed E-state index contributed by atoms with van der Waals surface area (Å²) in [6, 6.07) is 15.9. The summed E-state index contributed by atoms with van der Waals surface area (Å²) in [5.41, 5.74) is 2.98. The highest BCUT2D eigenvalue weighted by Gasteiger charge is 2.34. The number of aromatic nitrogens is 1. The zero-order valence-corrected chi connectivity index (χ0v) is 21.2. The molecule has 9 heteroatoms. The van der Waals surface area contributed by atoms with Crippen LogP contribution in [0.4, 0.5) is 0 Å². The lowest BCUT2D eigenvalue weighted by Crippen LogP contribution is -2.58. The number of hydrogen-bond acceptors (Lipinski definition) is 6. The number of piperidine rings is 1. The second kappa shape index (κ2) is 11.3. The van der Waals surface area contributed by atoms with Gasteiger partial charge in [0.05, 0.1) is 12.5 Å². The minimum atomic E-state index is -0.432. The molecule has 9 nitrogen and oxygen atoms in total. The second-order valence-corrected chi connectivity index (χ2v) is 9.59. The molecule has 2 N–H and O–H groups in total. The largest absolute Gasteiger partial charge is 0.488 e. The van der Waals surface area contributed by atoms with Gasteiger partial charge >= 0.3 is 0 Å². The summed E-state index contributed by atoms with van der Waals surface area (Å²) >= 11 is 0. The Bertz CT molecular complexity index is 1310. The van der Waals surface area contributed by atoms with E-state index in [9.17, 15) is 14.4 Å². The summed E-state index contributed by atoms with van der Waals surface area (Å²) in [4.78, 5) is 44.6. The Balaban J connectivity index is 1.40. The first kappa shape index (κ1) is 25.3. The Kier molecular flexibility index (Phi) is 7.53. The zero-order chi connectivity index (χ0) is 26.5. The van der Waals surface area contributed by atoms with Gasteiger partial charge in [-0.05, 0) is 53.9 Å². The lowest BCUT2D eigenvalue weighted by Gasteiger charge is -2.39. The van der Waals surface area contributed by atoms with Gasteiger partial charge in [-0.25, -0.2) is 0 Å². The lowest BCUT2D eigenvalue weighted by atomic mass is 10.00. The van der Waals surface area contributed by atoms with Crippen LogP contribution in [0, 0.1) is 6.92 Å². The normalized spacial score (nSPS) is 19.8. The van der Waals surface area contributed by atoms with Crippen molar-refractivity contribution in [2.75, 3.05) is 19.7 Å². The Morgan fingerprint density at radius 3 is 2.76 bits per heavy atom. The van der Waals surface area contributed by atoms with Gasteiger partial charge in [-0.1, -0.05) is 24.3 Å². The quantitative estimate of drug-likeness (QED) is 0.544. The fourth-order valence-electron chi connectivity index (χ4n) is 4.63. The maximum absolute atomic E-state index is 13.3. The molecule has 1 saturated heterocycles. The van der Waals surface area contributed by atoms with Gasteiger partial charge < -0.3 is 25.0 Å². The SMILES string of the molecule is Cc1ccc2cc1OCC(=O)NCc1ccc(cc1)O[C@H]1CCN(C(=O)Cc3cccnc3)C[C@@H]1NC2=O. The molecule has 38 heavy (non-hydrogen) atoms. The molecule has 6 rings (SSSR count). The smallest absolute Gasteiger partial charge is 0.258 e. The van der Waals surface area contributed by atoms with E-state index in [-0.39, 0.29) is 36.9 Å². The average molecular weight is 515 g/mol. The van der Waals surface area contributed by atoms with Gasteiger partial charge in [0, 0.05) is 44.0 Å². The van der Waals surface area contributed by atoms with Crippen molar-refractivity contribution in [2.45, 2.75) is 38.5 Å². The number of likely N-dealkylation sites (tertiary alicyclic amines) is 1. The van der Waals surface area contributed by atoms with E-state index in [0.717, 1.165) is 16.7 Å². The zero-order valence-electron chi connectivity index (χ0n) is 21.2. The van der Waals surface area contributed by atoms with E-state index >= 15 is 0 Å². The first-order valence-corrected chi connectivity index (χ1v) is 12.7. The van der Waals surface area contributed by atoms with Crippen LogP contribution in [0.5, 0.6) is 11.5 Å². The minimum absolute atomic E-state index is 0.0263. The number of rotatable bonds is 2. The number of carbonyl (C=O) groups is 3. The number of nitrogens with zero attached hydrogens (tertiary/aromatic N) is 2. The summed E-state index contributed by atoms with van der Waals surface area (Å²) in [5, 5.41) is 5.93. The van der Waals surface area contributed by atoms with Gasteiger partial charge in [0.25, 0.3) is 11.8 Å². The molecule has 0 radical (unpaired) electrons. The van der Waals surface area contributed by atoms with Crippen LogP contribution < -0.4 is 20.1 Å². The highest BCUT2D eigenvalue weighted by molar-refractivity contribution is 5.95. The average Bonchev–Trinajstić information content (AvgIpc) is 2.93. The van der Waals surface area contributed by atoms with Crippen molar-refractivity contribution in [3.05, 3.63) is 89.2 Å². The van der Waals surface area contributed by atoms with E-state index in [1.165, 1.54) is 0 Å². The predicted octanol–water partition coefficient (Wildman–Crippen LogP) is 2.42. The molecular weight excluding hydrogens is 484 g/mol. The predicted molar refractivity (Wildman–Crippen MR) is 140 cm³/mol. The molecule has 2 atom stereocenters. The number of nitrogens with one attached hydrogen (secondary N) is 2. The maximum atomic E-state index is 13.3. The van der Waals surface area contributed by atoms with Crippen molar-refractivity contribution in [1.29, 1.82) is 0 Å². The summed E-state index contributed by atoms with van der Waals surface area (Å²) in [5.74, 6) is 0.530. The lowest BCUT2D eigenvalue weighted by molar-refractivity contribution is -0.133. The van der Waals surface area contributed by atoms with E-state index < -0.39 is 6.04 Å². The number of amides is 3. The summed E-state index contributed by atoms with van der Waals surface area (Å²) < 4.78 is 12.0. The Morgan fingerprint density at radius 1 is 1.13 bits per heavy atom. The highest BCUT2D eigenvalue weighted by atomic mass is 16.5. The number of carbonyl (C=O) groups excluding carboxylic acids is 3. The molecule has 3 aliphatic heterocycles. The van der Waals surface area contributed by atoms with E-state index in [0.29, 0.717) is 43.1 Å². The molecule has 196 valence electrons. The summed E-state index contributed by atoms with van der Waals surface area (Å²) in [6.07, 6.45) is 3.84. The van der Waals surface area contributed by atoms with Crippen LogP contribution in [0.1, 0.15) is 33.5 Å². The van der Waals surface area contributed by atoms with Crippen molar-refractivity contribution in [2.24, 2.45) is 0 Å². The van der Waals surface area contributed by atoms with Gasteiger partial charge in [0.15, 0.2) is 6.61 Å². The number of ether oxygens (including phenoxy) is 2. The molecule has 1 aromatic heterocycles. The Labute approximate surface area is 221 Å². The number of hydrogen-bond donors (Lipinski definition) is 2. The van der Waals surface area contributed by atoms with Gasteiger partial charge in [-0.3, -0.25) is 19.4 Å². The second-order valence-electron chi connectivity index (χ2n) is 9.59. The third-order valence-corrected chi connectivity index (χ3v) is 6.81. The van der Waals surface area contributed by atoms with E-state index in [2.05, 4.69) is 15.6 Å². The molecule has 0 saturated carbocycles. The van der Waals surface area contributed by atoms with E-state index in [1.54, 1.807) is 35.5 Å². The number of pyridine rings is 1. The first-order chi connectivity index (χ1) is 18.4. The fraction of sp³-hybridized carbons (Fsp3) is 0.310. The molecule has 0 spiro atoms. The van der Waals surface area contributed by atoms with Crippen molar-refractivity contribution in [3.8, 4) is 11.5 Å². The van der Waals surface area contributed by atoms with Crippen LogP contribution in [-0.4, -0.2) is 59.4 Å². The fourth-order valence-corrected chi connectivity index (χ4v) is 4.63. The molecule has 0 aliphatic carbocycles. The molecular formula is C29H30N4O5. The third kappa shape index (κ3) is 6.11. The molecule has 2 aromatic carbocycles. The molecule has 4 heterocycles.